The Balaban J connectivity index is 1.61. The Labute approximate surface area is 141 Å². The van der Waals surface area contributed by atoms with E-state index in [1.165, 1.54) is 0 Å². The molecule has 3 rings (SSSR count). The zero-order valence-corrected chi connectivity index (χ0v) is 13.6. The summed E-state index contributed by atoms with van der Waals surface area (Å²) in [6.45, 7) is 3.55. The average Bonchev–Trinajstić information content (AvgIpc) is 2.64. The van der Waals surface area contributed by atoms with Crippen molar-refractivity contribution in [1.82, 2.24) is 5.32 Å². The molecule has 0 aliphatic carbocycles. The van der Waals surface area contributed by atoms with Crippen LogP contribution in [-0.2, 0) is 11.2 Å². The van der Waals surface area contributed by atoms with Gasteiger partial charge < -0.3 is 20.1 Å². The summed E-state index contributed by atoms with van der Waals surface area (Å²) in [7, 11) is 0. The number of nitrogens with zero attached hydrogens (tertiary/aromatic N) is 1. The number of rotatable bonds is 5. The normalized spacial score (nSPS) is 14.4. The van der Waals surface area contributed by atoms with Gasteiger partial charge in [-0.1, -0.05) is 24.3 Å². The monoisotopic (exact) mass is 326 g/mol. The third kappa shape index (κ3) is 4.06. The lowest BCUT2D eigenvalue weighted by Crippen LogP contribution is -2.38. The van der Waals surface area contributed by atoms with E-state index in [1.807, 2.05) is 36.4 Å². The van der Waals surface area contributed by atoms with Crippen molar-refractivity contribution in [3.05, 3.63) is 59.7 Å². The summed E-state index contributed by atoms with van der Waals surface area (Å²) in [6, 6.07) is 14.7. The molecule has 1 heterocycles. The number of morpholine rings is 1. The minimum Gasteiger partial charge on any atom is -0.508 e. The van der Waals surface area contributed by atoms with Gasteiger partial charge in [0.15, 0.2) is 0 Å². The van der Waals surface area contributed by atoms with Crippen molar-refractivity contribution in [1.29, 1.82) is 0 Å². The first-order valence-corrected chi connectivity index (χ1v) is 8.22. The first kappa shape index (κ1) is 16.3. The molecule has 1 saturated heterocycles. The van der Waals surface area contributed by atoms with Gasteiger partial charge in [-0.05, 0) is 36.2 Å². The summed E-state index contributed by atoms with van der Waals surface area (Å²) in [5.74, 6) is 0.193. The van der Waals surface area contributed by atoms with Crippen molar-refractivity contribution in [2.45, 2.75) is 6.42 Å². The number of para-hydroxylation sites is 1. The summed E-state index contributed by atoms with van der Waals surface area (Å²) in [5, 5.41) is 12.3. The highest BCUT2D eigenvalue weighted by atomic mass is 16.5. The van der Waals surface area contributed by atoms with Crippen molar-refractivity contribution in [3.8, 4) is 5.75 Å². The lowest BCUT2D eigenvalue weighted by Gasteiger charge is -2.30. The van der Waals surface area contributed by atoms with Gasteiger partial charge in [0, 0.05) is 25.3 Å². The molecule has 1 aliphatic heterocycles. The van der Waals surface area contributed by atoms with Gasteiger partial charge in [0.05, 0.1) is 18.8 Å². The molecular formula is C19H22N2O3. The van der Waals surface area contributed by atoms with Gasteiger partial charge in [-0.2, -0.15) is 0 Å². The van der Waals surface area contributed by atoms with Crippen molar-refractivity contribution in [3.63, 3.8) is 0 Å². The van der Waals surface area contributed by atoms with E-state index in [9.17, 15) is 9.90 Å². The highest BCUT2D eigenvalue weighted by Crippen LogP contribution is 2.21. The number of hydrogen-bond donors (Lipinski definition) is 2. The highest BCUT2D eigenvalue weighted by molar-refractivity contribution is 5.99. The van der Waals surface area contributed by atoms with Crippen LogP contribution >= 0.6 is 0 Å². The maximum atomic E-state index is 12.5. The number of carbonyl (C=O) groups is 1. The van der Waals surface area contributed by atoms with Crippen LogP contribution in [0.5, 0.6) is 5.75 Å². The molecule has 0 unspecified atom stereocenters. The number of aromatic hydroxyl groups is 1. The number of anilines is 1. The van der Waals surface area contributed by atoms with E-state index in [1.54, 1.807) is 12.1 Å². The second-order valence-electron chi connectivity index (χ2n) is 5.79. The molecule has 1 amide bonds. The second kappa shape index (κ2) is 7.84. The zero-order valence-electron chi connectivity index (χ0n) is 13.6. The van der Waals surface area contributed by atoms with E-state index >= 15 is 0 Å². The van der Waals surface area contributed by atoms with Gasteiger partial charge in [-0.25, -0.2) is 0 Å². The smallest absolute Gasteiger partial charge is 0.253 e. The van der Waals surface area contributed by atoms with Crippen LogP contribution < -0.4 is 10.2 Å². The molecule has 0 spiro atoms. The van der Waals surface area contributed by atoms with Gasteiger partial charge in [-0.3, -0.25) is 4.79 Å². The molecule has 5 nitrogen and oxygen atoms in total. The van der Waals surface area contributed by atoms with Crippen LogP contribution in [0, 0.1) is 0 Å². The van der Waals surface area contributed by atoms with E-state index in [2.05, 4.69) is 10.2 Å². The minimum absolute atomic E-state index is 0.0594. The molecule has 0 aromatic heterocycles. The van der Waals surface area contributed by atoms with E-state index in [0.717, 1.165) is 30.8 Å². The molecular weight excluding hydrogens is 304 g/mol. The Hall–Kier alpha value is -2.53. The fraction of sp³-hybridized carbons (Fsp3) is 0.316. The molecule has 1 fully saturated rings. The molecule has 2 N–H and O–H groups in total. The van der Waals surface area contributed by atoms with Crippen LogP contribution in [0.3, 0.4) is 0 Å². The number of hydrogen-bond acceptors (Lipinski definition) is 4. The fourth-order valence-corrected chi connectivity index (χ4v) is 2.82. The number of carbonyl (C=O) groups excluding carboxylic acids is 1. The SMILES string of the molecule is O=C(NCCc1ccc(O)cc1)c1ccccc1N1CCOCC1. The predicted molar refractivity (Wildman–Crippen MR) is 93.6 cm³/mol. The van der Waals surface area contributed by atoms with Crippen LogP contribution in [0.4, 0.5) is 5.69 Å². The van der Waals surface area contributed by atoms with E-state index in [4.69, 9.17) is 4.74 Å². The summed E-state index contributed by atoms with van der Waals surface area (Å²) < 4.78 is 5.38. The Morgan fingerprint density at radius 2 is 1.79 bits per heavy atom. The van der Waals surface area contributed by atoms with Gasteiger partial charge in [-0.15, -0.1) is 0 Å². The molecule has 2 aromatic rings. The summed E-state index contributed by atoms with van der Waals surface area (Å²) >= 11 is 0. The Bertz CT molecular complexity index is 679. The van der Waals surface area contributed by atoms with Gasteiger partial charge in [0.2, 0.25) is 0 Å². The van der Waals surface area contributed by atoms with E-state index in [0.29, 0.717) is 25.3 Å². The van der Waals surface area contributed by atoms with E-state index in [-0.39, 0.29) is 11.7 Å². The third-order valence-electron chi connectivity index (χ3n) is 4.14. The molecule has 1 aliphatic rings. The Morgan fingerprint density at radius 3 is 2.54 bits per heavy atom. The molecule has 0 radical (unpaired) electrons. The molecule has 24 heavy (non-hydrogen) atoms. The summed E-state index contributed by atoms with van der Waals surface area (Å²) in [5.41, 5.74) is 2.74. The van der Waals surface area contributed by atoms with Crippen molar-refractivity contribution >= 4 is 11.6 Å². The standard InChI is InChI=1S/C19H22N2O3/c22-16-7-5-15(6-8-16)9-10-20-19(23)17-3-1-2-4-18(17)21-11-13-24-14-12-21/h1-8,22H,9-14H2,(H,20,23). The van der Waals surface area contributed by atoms with Gasteiger partial charge in [0.1, 0.15) is 5.75 Å². The van der Waals surface area contributed by atoms with Crippen molar-refractivity contribution in [2.24, 2.45) is 0 Å². The van der Waals surface area contributed by atoms with Crippen LogP contribution in [0.15, 0.2) is 48.5 Å². The Morgan fingerprint density at radius 1 is 1.08 bits per heavy atom. The fourth-order valence-electron chi connectivity index (χ4n) is 2.82. The predicted octanol–water partition coefficient (Wildman–Crippen LogP) is 2.20. The van der Waals surface area contributed by atoms with E-state index < -0.39 is 0 Å². The quantitative estimate of drug-likeness (QED) is 0.884. The zero-order chi connectivity index (χ0) is 16.8. The maximum Gasteiger partial charge on any atom is 0.253 e. The number of benzene rings is 2. The summed E-state index contributed by atoms with van der Waals surface area (Å²) in [4.78, 5) is 14.7. The lowest BCUT2D eigenvalue weighted by molar-refractivity contribution is 0.0952. The number of phenolic OH excluding ortho intramolecular Hbond substituents is 1. The number of amides is 1. The first-order valence-electron chi connectivity index (χ1n) is 8.22. The lowest BCUT2D eigenvalue weighted by atomic mass is 10.1. The van der Waals surface area contributed by atoms with Gasteiger partial charge >= 0.3 is 0 Å². The molecule has 2 aromatic carbocycles. The van der Waals surface area contributed by atoms with Crippen LogP contribution in [0.1, 0.15) is 15.9 Å². The number of ether oxygens (including phenoxy) is 1. The molecule has 0 saturated carbocycles. The van der Waals surface area contributed by atoms with Crippen LogP contribution in [-0.4, -0.2) is 43.9 Å². The minimum atomic E-state index is -0.0594. The second-order valence-corrected chi connectivity index (χ2v) is 5.79. The first-order chi connectivity index (χ1) is 11.7. The van der Waals surface area contributed by atoms with Crippen LogP contribution in [0.25, 0.3) is 0 Å². The average molecular weight is 326 g/mol. The van der Waals surface area contributed by atoms with Gasteiger partial charge in [0.25, 0.3) is 5.91 Å². The van der Waals surface area contributed by atoms with Crippen LogP contribution in [0.2, 0.25) is 0 Å². The number of phenols is 1. The maximum absolute atomic E-state index is 12.5. The topological polar surface area (TPSA) is 61.8 Å². The summed E-state index contributed by atoms with van der Waals surface area (Å²) in [6.07, 6.45) is 0.728. The largest absolute Gasteiger partial charge is 0.508 e. The highest BCUT2D eigenvalue weighted by Gasteiger charge is 2.17. The molecule has 0 bridgehead atoms. The molecule has 126 valence electrons. The number of nitrogens with one attached hydrogen (secondary N) is 1. The van der Waals surface area contributed by atoms with Crippen molar-refractivity contribution in [2.75, 3.05) is 37.7 Å². The Kier molecular flexibility index (Phi) is 5.33. The molecule has 5 heteroatoms. The van der Waals surface area contributed by atoms with Crippen molar-refractivity contribution < 1.29 is 14.6 Å². The third-order valence-corrected chi connectivity index (χ3v) is 4.14. The molecule has 0 atom stereocenters.